The minimum atomic E-state index is -0.584. The van der Waals surface area contributed by atoms with Gasteiger partial charge in [0.25, 0.3) is 0 Å². The van der Waals surface area contributed by atoms with Gasteiger partial charge in [-0.15, -0.1) is 0 Å². The van der Waals surface area contributed by atoms with Crippen molar-refractivity contribution in [2.24, 2.45) is 0 Å². The topological polar surface area (TPSA) is 150 Å². The molecule has 6 heterocycles. The zero-order valence-electron chi connectivity index (χ0n) is 30.1. The first kappa shape index (κ1) is 37.0. The van der Waals surface area contributed by atoms with Gasteiger partial charge in [-0.05, 0) is 113 Å². The third kappa shape index (κ3) is 11.9. The fourth-order valence-corrected chi connectivity index (χ4v) is 7.52. The quantitative estimate of drug-likeness (QED) is 0.123. The predicted octanol–water partition coefficient (Wildman–Crippen LogP) is 3.17. The molecule has 0 aliphatic carbocycles. The molecule has 4 aliphatic heterocycles. The third-order valence-corrected chi connectivity index (χ3v) is 10.5. The SMILES string of the molecule is O=C(CCCc1ccc2c(n1)NCCC2)NC1CCN(CC(=O)OOC(=O)CN2CCC(NCCCCc3ccc4c(n3)NCCC4)CC2)CC1. The monoisotopic (exact) mass is 704 g/mol. The summed E-state index contributed by atoms with van der Waals surface area (Å²) in [4.78, 5) is 60.5. The van der Waals surface area contributed by atoms with E-state index in [4.69, 9.17) is 19.7 Å². The van der Waals surface area contributed by atoms with Crippen LogP contribution in [0.15, 0.2) is 24.3 Å². The van der Waals surface area contributed by atoms with Crippen molar-refractivity contribution >= 4 is 29.5 Å². The number of rotatable bonds is 15. The first-order valence-electron chi connectivity index (χ1n) is 19.3. The summed E-state index contributed by atoms with van der Waals surface area (Å²) in [7, 11) is 0. The number of pyridine rings is 2. The Kier molecular flexibility index (Phi) is 13.9. The van der Waals surface area contributed by atoms with E-state index in [1.165, 1.54) is 17.5 Å². The van der Waals surface area contributed by atoms with Crippen LogP contribution < -0.4 is 21.3 Å². The Morgan fingerprint density at radius 3 is 1.80 bits per heavy atom. The molecule has 1 amide bonds. The Bertz CT molecular complexity index is 1460. The number of hydrogen-bond acceptors (Lipinski definition) is 12. The van der Waals surface area contributed by atoms with Gasteiger partial charge in [0.1, 0.15) is 24.7 Å². The maximum atomic E-state index is 12.5. The molecule has 51 heavy (non-hydrogen) atoms. The fourth-order valence-electron chi connectivity index (χ4n) is 7.52. The highest BCUT2D eigenvalue weighted by Gasteiger charge is 2.25. The minimum absolute atomic E-state index is 0.0503. The predicted molar refractivity (Wildman–Crippen MR) is 195 cm³/mol. The van der Waals surface area contributed by atoms with Crippen LogP contribution in [0.5, 0.6) is 0 Å². The summed E-state index contributed by atoms with van der Waals surface area (Å²) < 4.78 is 0. The summed E-state index contributed by atoms with van der Waals surface area (Å²) in [6.07, 6.45) is 13.1. The van der Waals surface area contributed by atoms with Crippen LogP contribution >= 0.6 is 0 Å². The molecule has 4 N–H and O–H groups in total. The van der Waals surface area contributed by atoms with Crippen molar-refractivity contribution in [1.82, 2.24) is 30.4 Å². The van der Waals surface area contributed by atoms with Crippen LogP contribution in [0.1, 0.15) is 86.7 Å². The third-order valence-electron chi connectivity index (χ3n) is 10.5. The minimum Gasteiger partial charge on any atom is -0.370 e. The molecule has 0 saturated carbocycles. The van der Waals surface area contributed by atoms with E-state index >= 15 is 0 Å². The zero-order valence-corrected chi connectivity index (χ0v) is 30.1. The van der Waals surface area contributed by atoms with Crippen molar-refractivity contribution in [2.75, 3.05) is 69.5 Å². The van der Waals surface area contributed by atoms with Gasteiger partial charge in [0.05, 0.1) is 0 Å². The molecule has 0 unspecified atom stereocenters. The number of carbonyl (C=O) groups excluding carboxylic acids is 3. The van der Waals surface area contributed by atoms with Gasteiger partial charge in [-0.25, -0.2) is 29.3 Å². The number of fused-ring (bicyclic) bond motifs is 2. The highest BCUT2D eigenvalue weighted by atomic mass is 17.2. The normalized spacial score (nSPS) is 18.5. The van der Waals surface area contributed by atoms with E-state index in [-0.39, 0.29) is 25.0 Å². The van der Waals surface area contributed by atoms with Crippen LogP contribution in [0.25, 0.3) is 0 Å². The second-order valence-corrected chi connectivity index (χ2v) is 14.5. The van der Waals surface area contributed by atoms with E-state index in [2.05, 4.69) is 45.5 Å². The van der Waals surface area contributed by atoms with Crippen LogP contribution in [-0.2, 0) is 49.8 Å². The number of anilines is 2. The van der Waals surface area contributed by atoms with Crippen molar-refractivity contribution in [1.29, 1.82) is 0 Å². The second kappa shape index (κ2) is 19.1. The molecule has 0 spiro atoms. The Hall–Kier alpha value is -3.81. The van der Waals surface area contributed by atoms with E-state index in [1.807, 2.05) is 9.80 Å². The van der Waals surface area contributed by atoms with Crippen LogP contribution in [0, 0.1) is 0 Å². The molecule has 4 aliphatic rings. The van der Waals surface area contributed by atoms with E-state index in [0.29, 0.717) is 25.6 Å². The highest BCUT2D eigenvalue weighted by Crippen LogP contribution is 2.22. The number of amides is 1. The van der Waals surface area contributed by atoms with Gasteiger partial charge in [-0.3, -0.25) is 14.6 Å². The summed E-state index contributed by atoms with van der Waals surface area (Å²) in [6.45, 7) is 6.02. The Balaban J connectivity index is 0.757. The molecule has 13 nitrogen and oxygen atoms in total. The van der Waals surface area contributed by atoms with Crippen LogP contribution in [-0.4, -0.2) is 109 Å². The van der Waals surface area contributed by atoms with Crippen molar-refractivity contribution in [2.45, 2.75) is 102 Å². The van der Waals surface area contributed by atoms with Gasteiger partial charge in [0.15, 0.2) is 0 Å². The number of likely N-dealkylation sites (tertiary alicyclic amines) is 2. The molecule has 0 aromatic carbocycles. The number of nitrogens with zero attached hydrogens (tertiary/aromatic N) is 4. The molecule has 2 aromatic heterocycles. The first-order valence-corrected chi connectivity index (χ1v) is 19.3. The lowest BCUT2D eigenvalue weighted by molar-refractivity contribution is -0.260. The lowest BCUT2D eigenvalue weighted by atomic mass is 10.0. The molecule has 0 radical (unpaired) electrons. The summed E-state index contributed by atoms with van der Waals surface area (Å²) in [5.41, 5.74) is 4.78. The van der Waals surface area contributed by atoms with Crippen LogP contribution in [0.2, 0.25) is 0 Å². The fraction of sp³-hybridized carbons (Fsp3) is 0.658. The van der Waals surface area contributed by atoms with Crippen LogP contribution in [0.4, 0.5) is 11.6 Å². The Morgan fingerprint density at radius 2 is 1.24 bits per heavy atom. The summed E-state index contributed by atoms with van der Waals surface area (Å²) in [5.74, 6) is 0.978. The molecule has 13 heteroatoms. The summed E-state index contributed by atoms with van der Waals surface area (Å²) >= 11 is 0. The number of aryl methyl sites for hydroxylation is 4. The van der Waals surface area contributed by atoms with Crippen molar-refractivity contribution < 1.29 is 24.2 Å². The lowest BCUT2D eigenvalue weighted by Gasteiger charge is -2.32. The smallest absolute Gasteiger partial charge is 0.369 e. The van der Waals surface area contributed by atoms with Crippen molar-refractivity contribution in [3.8, 4) is 0 Å². The molecular formula is C38H56N8O5. The number of aromatic nitrogens is 2. The van der Waals surface area contributed by atoms with E-state index < -0.39 is 11.9 Å². The van der Waals surface area contributed by atoms with Gasteiger partial charge < -0.3 is 21.3 Å². The van der Waals surface area contributed by atoms with E-state index in [0.717, 1.165) is 133 Å². The van der Waals surface area contributed by atoms with Crippen molar-refractivity contribution in [3.05, 3.63) is 46.8 Å². The number of nitrogens with one attached hydrogen (secondary N) is 4. The molecular weight excluding hydrogens is 648 g/mol. The summed E-state index contributed by atoms with van der Waals surface area (Å²) in [6, 6.07) is 9.15. The Morgan fingerprint density at radius 1 is 0.706 bits per heavy atom. The molecule has 2 aromatic rings. The number of unbranched alkanes of at least 4 members (excludes halogenated alkanes) is 1. The molecule has 0 atom stereocenters. The molecule has 2 fully saturated rings. The van der Waals surface area contributed by atoms with Crippen LogP contribution in [0.3, 0.4) is 0 Å². The lowest BCUT2D eigenvalue weighted by Crippen LogP contribution is -2.46. The van der Waals surface area contributed by atoms with E-state index in [1.54, 1.807) is 0 Å². The van der Waals surface area contributed by atoms with E-state index in [9.17, 15) is 14.4 Å². The average molecular weight is 705 g/mol. The maximum Gasteiger partial charge on any atom is 0.369 e. The van der Waals surface area contributed by atoms with Gasteiger partial charge in [-0.1, -0.05) is 12.1 Å². The largest absolute Gasteiger partial charge is 0.370 e. The Labute approximate surface area is 301 Å². The summed E-state index contributed by atoms with van der Waals surface area (Å²) in [5, 5.41) is 13.6. The highest BCUT2D eigenvalue weighted by molar-refractivity contribution is 5.76. The maximum absolute atomic E-state index is 12.5. The van der Waals surface area contributed by atoms with Gasteiger partial charge in [0.2, 0.25) is 5.91 Å². The molecule has 278 valence electrons. The molecule has 6 rings (SSSR count). The number of piperidine rings is 2. The number of hydrogen-bond donors (Lipinski definition) is 4. The second-order valence-electron chi connectivity index (χ2n) is 14.5. The van der Waals surface area contributed by atoms with Crippen molar-refractivity contribution in [3.63, 3.8) is 0 Å². The zero-order chi connectivity index (χ0) is 35.3. The van der Waals surface area contributed by atoms with Gasteiger partial charge in [0, 0.05) is 69.2 Å². The average Bonchev–Trinajstić information content (AvgIpc) is 3.15. The number of carbonyl (C=O) groups is 3. The molecule has 2 saturated heterocycles. The van der Waals surface area contributed by atoms with Gasteiger partial charge in [-0.2, -0.15) is 0 Å². The standard InChI is InChI=1S/C38H56N8O5/c47-34(10-3-9-32-14-12-29-7-5-21-41-38(29)44-32)42-33-17-24-46(25-18-33)27-36(49)51-50-35(48)26-45-22-15-30(16-23-45)39-19-2-1-8-31-13-11-28-6-4-20-40-37(28)43-31/h11-14,30,33,39H,1-10,15-27H2,(H,40,43)(H,41,44)(H,42,47). The first-order chi connectivity index (χ1) is 25.0. The van der Waals surface area contributed by atoms with Gasteiger partial charge >= 0.3 is 11.9 Å². The molecule has 0 bridgehead atoms.